The lowest BCUT2D eigenvalue weighted by Crippen LogP contribution is -2.38. The Kier molecular flexibility index (Phi) is 6.24. The van der Waals surface area contributed by atoms with Gasteiger partial charge in [0.15, 0.2) is 0 Å². The van der Waals surface area contributed by atoms with Crippen molar-refractivity contribution in [2.45, 2.75) is 32.2 Å². The monoisotopic (exact) mass is 427 g/mol. The van der Waals surface area contributed by atoms with Gasteiger partial charge in [0, 0.05) is 6.54 Å². The first-order chi connectivity index (χ1) is 12.4. The Bertz CT molecular complexity index is 713. The van der Waals surface area contributed by atoms with E-state index in [4.69, 9.17) is 4.74 Å². The van der Waals surface area contributed by atoms with Crippen LogP contribution in [0.3, 0.4) is 0 Å². The van der Waals surface area contributed by atoms with Crippen LogP contribution in [0.2, 0.25) is 0 Å². The third-order valence-electron chi connectivity index (χ3n) is 4.72. The van der Waals surface area contributed by atoms with Gasteiger partial charge in [0.2, 0.25) is 0 Å². The van der Waals surface area contributed by atoms with Crippen molar-refractivity contribution in [3.63, 3.8) is 0 Å². The summed E-state index contributed by atoms with van der Waals surface area (Å²) in [6, 6.07) is 15.7. The maximum absolute atomic E-state index is 12.8. The Morgan fingerprint density at radius 2 is 1.69 bits per heavy atom. The lowest BCUT2D eigenvalue weighted by atomic mass is 9.96. The van der Waals surface area contributed by atoms with E-state index in [1.165, 1.54) is 0 Å². The van der Waals surface area contributed by atoms with Crippen molar-refractivity contribution in [3.05, 3.63) is 64.1 Å². The van der Waals surface area contributed by atoms with E-state index < -0.39 is 12.1 Å². The Morgan fingerprint density at radius 3 is 2.35 bits per heavy atom. The van der Waals surface area contributed by atoms with Gasteiger partial charge in [0.25, 0.3) is 0 Å². The van der Waals surface area contributed by atoms with Crippen molar-refractivity contribution in [1.29, 1.82) is 0 Å². The van der Waals surface area contributed by atoms with Crippen LogP contribution in [0.1, 0.15) is 24.0 Å². The van der Waals surface area contributed by atoms with Crippen LogP contribution in [0, 0.1) is 5.92 Å². The summed E-state index contributed by atoms with van der Waals surface area (Å²) in [5.74, 6) is -0.417. The molecule has 2 aromatic carbocycles. The molecule has 140 valence electrons. The van der Waals surface area contributed by atoms with Crippen molar-refractivity contribution < 1.29 is 17.9 Å². The molecule has 1 saturated heterocycles. The molecule has 0 saturated carbocycles. The minimum atomic E-state index is -4.07. The van der Waals surface area contributed by atoms with Crippen LogP contribution in [0.15, 0.2) is 53.0 Å². The molecule has 0 radical (unpaired) electrons. The molecule has 1 aliphatic rings. The molecule has 2 nitrogen and oxygen atoms in total. The third-order valence-corrected chi connectivity index (χ3v) is 5.62. The number of hydrogen-bond donors (Lipinski definition) is 0. The average Bonchev–Trinajstić information content (AvgIpc) is 2.63. The average molecular weight is 428 g/mol. The number of benzene rings is 2. The second-order valence-corrected chi connectivity index (χ2v) is 7.39. The predicted molar refractivity (Wildman–Crippen MR) is 99.0 cm³/mol. The van der Waals surface area contributed by atoms with Gasteiger partial charge in [-0.1, -0.05) is 42.5 Å². The summed E-state index contributed by atoms with van der Waals surface area (Å²) >= 11 is 3.59. The van der Waals surface area contributed by atoms with Gasteiger partial charge in [-0.15, -0.1) is 0 Å². The fraction of sp³-hybridized carbons (Fsp3) is 0.400. The molecule has 0 bridgehead atoms. The SMILES string of the molecule is FC(F)(F)C1CCN(Cc2cccc(OCc3ccccc3)c2Br)CC1. The highest BCUT2D eigenvalue weighted by molar-refractivity contribution is 9.10. The molecule has 0 unspecified atom stereocenters. The van der Waals surface area contributed by atoms with Crippen molar-refractivity contribution >= 4 is 15.9 Å². The summed E-state index contributed by atoms with van der Waals surface area (Å²) in [6.45, 7) is 2.02. The summed E-state index contributed by atoms with van der Waals surface area (Å²) < 4.78 is 45.2. The Balaban J connectivity index is 1.59. The van der Waals surface area contributed by atoms with Crippen LogP contribution in [-0.4, -0.2) is 24.2 Å². The Morgan fingerprint density at radius 1 is 1.00 bits per heavy atom. The number of rotatable bonds is 5. The number of piperidine rings is 1. The zero-order valence-electron chi connectivity index (χ0n) is 14.3. The molecule has 26 heavy (non-hydrogen) atoms. The summed E-state index contributed by atoms with van der Waals surface area (Å²) in [6.07, 6.45) is -3.73. The van der Waals surface area contributed by atoms with E-state index in [1.54, 1.807) is 0 Å². The zero-order valence-corrected chi connectivity index (χ0v) is 15.9. The number of hydrogen-bond acceptors (Lipinski definition) is 2. The lowest BCUT2D eigenvalue weighted by molar-refractivity contribution is -0.185. The van der Waals surface area contributed by atoms with Crippen LogP contribution in [0.4, 0.5) is 13.2 Å². The van der Waals surface area contributed by atoms with Crippen molar-refractivity contribution in [2.75, 3.05) is 13.1 Å². The Hall–Kier alpha value is -1.53. The minimum Gasteiger partial charge on any atom is -0.488 e. The van der Waals surface area contributed by atoms with Crippen molar-refractivity contribution in [3.8, 4) is 5.75 Å². The van der Waals surface area contributed by atoms with E-state index in [9.17, 15) is 13.2 Å². The van der Waals surface area contributed by atoms with E-state index >= 15 is 0 Å². The molecule has 3 rings (SSSR count). The van der Waals surface area contributed by atoms with Gasteiger partial charge in [-0.05, 0) is 59.1 Å². The van der Waals surface area contributed by atoms with E-state index in [1.807, 2.05) is 48.5 Å². The summed E-state index contributed by atoms with van der Waals surface area (Å²) in [5.41, 5.74) is 2.11. The molecule has 1 fully saturated rings. The minimum absolute atomic E-state index is 0.172. The number of ether oxygens (including phenoxy) is 1. The standard InChI is InChI=1S/C20H21BrF3NO/c21-19-16(13-25-11-9-17(10-12-25)20(22,23)24)7-4-8-18(19)26-14-15-5-2-1-3-6-15/h1-8,17H,9-14H2. The van der Waals surface area contributed by atoms with Gasteiger partial charge in [-0.3, -0.25) is 4.90 Å². The van der Waals surface area contributed by atoms with Gasteiger partial charge in [0.1, 0.15) is 12.4 Å². The summed E-state index contributed by atoms with van der Waals surface area (Å²) in [4.78, 5) is 2.07. The lowest BCUT2D eigenvalue weighted by Gasteiger charge is -2.33. The fourth-order valence-electron chi connectivity index (χ4n) is 3.18. The maximum Gasteiger partial charge on any atom is 0.391 e. The molecule has 0 atom stereocenters. The number of nitrogens with zero attached hydrogens (tertiary/aromatic N) is 1. The normalized spacial score (nSPS) is 16.6. The van der Waals surface area contributed by atoms with Gasteiger partial charge in [-0.2, -0.15) is 13.2 Å². The molecule has 0 spiro atoms. The van der Waals surface area contributed by atoms with Gasteiger partial charge in [0.05, 0.1) is 10.4 Å². The summed E-state index contributed by atoms with van der Waals surface area (Å²) in [5, 5.41) is 0. The highest BCUT2D eigenvalue weighted by Gasteiger charge is 2.41. The molecule has 2 aromatic rings. The first-order valence-electron chi connectivity index (χ1n) is 8.66. The molecule has 0 aromatic heterocycles. The molecule has 1 heterocycles. The van der Waals surface area contributed by atoms with Crippen LogP contribution >= 0.6 is 15.9 Å². The Labute approximate surface area is 160 Å². The molecule has 1 aliphatic heterocycles. The molecule has 6 heteroatoms. The molecular formula is C20H21BrF3NO. The highest BCUT2D eigenvalue weighted by Crippen LogP contribution is 2.35. The fourth-order valence-corrected chi connectivity index (χ4v) is 3.69. The van der Waals surface area contributed by atoms with Crippen LogP contribution in [0.25, 0.3) is 0 Å². The number of halogens is 4. The maximum atomic E-state index is 12.8. The van der Waals surface area contributed by atoms with E-state index in [0.29, 0.717) is 26.2 Å². The van der Waals surface area contributed by atoms with Gasteiger partial charge in [-0.25, -0.2) is 0 Å². The largest absolute Gasteiger partial charge is 0.488 e. The zero-order chi connectivity index (χ0) is 18.6. The molecule has 0 N–H and O–H groups in total. The van der Waals surface area contributed by atoms with E-state index in [2.05, 4.69) is 20.8 Å². The molecule has 0 aliphatic carbocycles. The number of likely N-dealkylation sites (tertiary alicyclic amines) is 1. The predicted octanol–water partition coefficient (Wildman–Crippen LogP) is 5.80. The van der Waals surface area contributed by atoms with Crippen LogP contribution < -0.4 is 4.74 Å². The van der Waals surface area contributed by atoms with E-state index in [0.717, 1.165) is 21.3 Å². The topological polar surface area (TPSA) is 12.5 Å². The van der Waals surface area contributed by atoms with Crippen molar-refractivity contribution in [1.82, 2.24) is 4.90 Å². The molecule has 0 amide bonds. The van der Waals surface area contributed by atoms with Crippen LogP contribution in [0.5, 0.6) is 5.75 Å². The quantitative estimate of drug-likeness (QED) is 0.597. The molecular weight excluding hydrogens is 407 g/mol. The smallest absolute Gasteiger partial charge is 0.391 e. The first-order valence-corrected chi connectivity index (χ1v) is 9.46. The first kappa shape index (κ1) is 19.2. The van der Waals surface area contributed by atoms with Gasteiger partial charge >= 0.3 is 6.18 Å². The second-order valence-electron chi connectivity index (χ2n) is 6.60. The third kappa shape index (κ3) is 5.01. The van der Waals surface area contributed by atoms with Crippen LogP contribution in [-0.2, 0) is 13.2 Å². The van der Waals surface area contributed by atoms with Gasteiger partial charge < -0.3 is 4.74 Å². The van der Waals surface area contributed by atoms with E-state index in [-0.39, 0.29) is 12.8 Å². The van der Waals surface area contributed by atoms with Crippen molar-refractivity contribution in [2.24, 2.45) is 5.92 Å². The highest BCUT2D eigenvalue weighted by atomic mass is 79.9. The second kappa shape index (κ2) is 8.44. The summed E-state index contributed by atoms with van der Waals surface area (Å²) in [7, 11) is 0. The number of alkyl halides is 3.